The van der Waals surface area contributed by atoms with Gasteiger partial charge in [-0.2, -0.15) is 0 Å². The minimum Gasteiger partial charge on any atom is -0.508 e. The first kappa shape index (κ1) is 11.5. The summed E-state index contributed by atoms with van der Waals surface area (Å²) < 4.78 is 0. The predicted octanol–water partition coefficient (Wildman–Crippen LogP) is 1.46. The van der Waals surface area contributed by atoms with Gasteiger partial charge < -0.3 is 16.2 Å². The maximum Gasteiger partial charge on any atom is 0.224 e. The number of carbonyl (C=O) groups excluding carboxylic acids is 1. The fourth-order valence-corrected chi connectivity index (χ4v) is 1.24. The van der Waals surface area contributed by atoms with Crippen LogP contribution in [0.5, 0.6) is 5.75 Å². The number of amides is 1. The minimum atomic E-state index is -0.0472. The summed E-state index contributed by atoms with van der Waals surface area (Å²) in [5, 5.41) is 11.9. The Morgan fingerprint density at radius 2 is 2.20 bits per heavy atom. The van der Waals surface area contributed by atoms with Crippen LogP contribution in [0.2, 0.25) is 0 Å². The molecule has 4 nitrogen and oxygen atoms in total. The number of carbonyl (C=O) groups is 1. The molecule has 82 valence electrons. The van der Waals surface area contributed by atoms with Gasteiger partial charge in [0, 0.05) is 18.2 Å². The van der Waals surface area contributed by atoms with Gasteiger partial charge in [-0.3, -0.25) is 4.79 Å². The van der Waals surface area contributed by atoms with Crippen LogP contribution in [-0.2, 0) is 4.79 Å². The lowest BCUT2D eigenvalue weighted by atomic mass is 10.2. The van der Waals surface area contributed by atoms with Crippen LogP contribution in [-0.4, -0.2) is 17.6 Å². The van der Waals surface area contributed by atoms with Gasteiger partial charge in [0.1, 0.15) is 5.75 Å². The highest BCUT2D eigenvalue weighted by atomic mass is 16.3. The molecule has 0 aliphatic carbocycles. The predicted molar refractivity (Wildman–Crippen MR) is 59.6 cm³/mol. The van der Waals surface area contributed by atoms with Crippen molar-refractivity contribution in [1.29, 1.82) is 0 Å². The second-order valence-electron chi connectivity index (χ2n) is 3.34. The summed E-state index contributed by atoms with van der Waals surface area (Å²) >= 11 is 0. The van der Waals surface area contributed by atoms with Gasteiger partial charge in [-0.05, 0) is 31.5 Å². The summed E-state index contributed by atoms with van der Waals surface area (Å²) in [6, 6.07) is 6.50. The molecule has 1 rings (SSSR count). The largest absolute Gasteiger partial charge is 0.508 e. The van der Waals surface area contributed by atoms with Gasteiger partial charge in [-0.1, -0.05) is 6.07 Å². The van der Waals surface area contributed by atoms with Crippen LogP contribution in [0.1, 0.15) is 19.3 Å². The molecule has 4 N–H and O–H groups in total. The summed E-state index contributed by atoms with van der Waals surface area (Å²) in [7, 11) is 0. The zero-order chi connectivity index (χ0) is 11.1. The third-order valence-electron chi connectivity index (χ3n) is 1.99. The van der Waals surface area contributed by atoms with Gasteiger partial charge in [0.2, 0.25) is 5.91 Å². The van der Waals surface area contributed by atoms with E-state index in [0.29, 0.717) is 18.7 Å². The van der Waals surface area contributed by atoms with Crippen molar-refractivity contribution in [1.82, 2.24) is 0 Å². The molecule has 0 radical (unpaired) electrons. The lowest BCUT2D eigenvalue weighted by molar-refractivity contribution is -0.116. The Morgan fingerprint density at radius 1 is 1.40 bits per heavy atom. The monoisotopic (exact) mass is 208 g/mol. The molecule has 1 aromatic rings. The molecule has 15 heavy (non-hydrogen) atoms. The fourth-order valence-electron chi connectivity index (χ4n) is 1.24. The van der Waals surface area contributed by atoms with Crippen molar-refractivity contribution in [3.63, 3.8) is 0 Å². The van der Waals surface area contributed by atoms with E-state index in [4.69, 9.17) is 5.73 Å². The number of benzene rings is 1. The van der Waals surface area contributed by atoms with Crippen molar-refractivity contribution in [2.24, 2.45) is 5.73 Å². The summed E-state index contributed by atoms with van der Waals surface area (Å²) in [4.78, 5) is 11.4. The quantitative estimate of drug-likeness (QED) is 0.641. The molecule has 0 aliphatic heterocycles. The van der Waals surface area contributed by atoms with Crippen molar-refractivity contribution < 1.29 is 9.90 Å². The highest BCUT2D eigenvalue weighted by Gasteiger charge is 2.01. The van der Waals surface area contributed by atoms with Crippen molar-refractivity contribution in [3.8, 4) is 5.75 Å². The number of nitrogens with two attached hydrogens (primary N) is 1. The van der Waals surface area contributed by atoms with Crippen LogP contribution in [0.15, 0.2) is 24.3 Å². The van der Waals surface area contributed by atoms with Gasteiger partial charge in [0.15, 0.2) is 0 Å². The molecule has 0 aliphatic rings. The molecule has 0 heterocycles. The van der Waals surface area contributed by atoms with Crippen molar-refractivity contribution >= 4 is 11.6 Å². The molecule has 1 amide bonds. The number of nitrogens with one attached hydrogen (secondary N) is 1. The van der Waals surface area contributed by atoms with Gasteiger partial charge in [-0.25, -0.2) is 0 Å². The Balaban J connectivity index is 2.37. The SMILES string of the molecule is NCCCCC(=O)Nc1cccc(O)c1. The molecule has 0 fully saturated rings. The molecule has 0 bridgehead atoms. The Kier molecular flexibility index (Phi) is 4.63. The average molecular weight is 208 g/mol. The van der Waals surface area contributed by atoms with Gasteiger partial charge in [-0.15, -0.1) is 0 Å². The molecule has 1 aromatic carbocycles. The van der Waals surface area contributed by atoms with E-state index in [0.717, 1.165) is 12.8 Å². The van der Waals surface area contributed by atoms with Gasteiger partial charge in [0.05, 0.1) is 0 Å². The van der Waals surface area contributed by atoms with E-state index >= 15 is 0 Å². The first-order valence-corrected chi connectivity index (χ1v) is 5.01. The van der Waals surface area contributed by atoms with E-state index in [-0.39, 0.29) is 11.7 Å². The summed E-state index contributed by atoms with van der Waals surface area (Å²) in [6.45, 7) is 0.611. The maximum atomic E-state index is 11.4. The van der Waals surface area contributed by atoms with E-state index in [2.05, 4.69) is 5.32 Å². The topological polar surface area (TPSA) is 75.4 Å². The van der Waals surface area contributed by atoms with Crippen LogP contribution in [0.3, 0.4) is 0 Å². The third-order valence-corrected chi connectivity index (χ3v) is 1.99. The standard InChI is InChI=1S/C11H16N2O2/c12-7-2-1-6-11(15)13-9-4-3-5-10(14)8-9/h3-5,8,14H,1-2,6-7,12H2,(H,13,15). The molecule has 0 unspecified atom stereocenters. The lowest BCUT2D eigenvalue weighted by Gasteiger charge is -2.04. The van der Waals surface area contributed by atoms with Gasteiger partial charge in [0.25, 0.3) is 0 Å². The van der Waals surface area contributed by atoms with Crippen molar-refractivity contribution in [2.75, 3.05) is 11.9 Å². The Morgan fingerprint density at radius 3 is 2.87 bits per heavy atom. The summed E-state index contributed by atoms with van der Waals surface area (Å²) in [5.41, 5.74) is 5.94. The summed E-state index contributed by atoms with van der Waals surface area (Å²) in [6.07, 6.45) is 2.11. The Bertz CT molecular complexity index is 326. The number of aromatic hydroxyl groups is 1. The molecule has 0 saturated carbocycles. The fraction of sp³-hybridized carbons (Fsp3) is 0.364. The van der Waals surface area contributed by atoms with E-state index in [9.17, 15) is 9.90 Å². The van der Waals surface area contributed by atoms with E-state index < -0.39 is 0 Å². The molecule has 0 saturated heterocycles. The van der Waals surface area contributed by atoms with Crippen molar-refractivity contribution in [2.45, 2.75) is 19.3 Å². The smallest absolute Gasteiger partial charge is 0.224 e. The van der Waals surface area contributed by atoms with Crippen LogP contribution in [0.25, 0.3) is 0 Å². The number of anilines is 1. The highest BCUT2D eigenvalue weighted by molar-refractivity contribution is 5.90. The highest BCUT2D eigenvalue weighted by Crippen LogP contribution is 2.15. The minimum absolute atomic E-state index is 0.0472. The number of rotatable bonds is 5. The zero-order valence-electron chi connectivity index (χ0n) is 8.57. The zero-order valence-corrected chi connectivity index (χ0v) is 8.57. The summed E-state index contributed by atoms with van der Waals surface area (Å²) in [5.74, 6) is 0.101. The number of phenols is 1. The van der Waals surface area contributed by atoms with Crippen LogP contribution >= 0.6 is 0 Å². The Labute approximate surface area is 89.1 Å². The first-order valence-electron chi connectivity index (χ1n) is 5.01. The lowest BCUT2D eigenvalue weighted by Crippen LogP contribution is -2.11. The number of phenolic OH excluding ortho intramolecular Hbond substituents is 1. The van der Waals surface area contributed by atoms with Gasteiger partial charge >= 0.3 is 0 Å². The maximum absolute atomic E-state index is 11.4. The van der Waals surface area contributed by atoms with Crippen LogP contribution in [0, 0.1) is 0 Å². The van der Waals surface area contributed by atoms with Crippen molar-refractivity contribution in [3.05, 3.63) is 24.3 Å². The first-order chi connectivity index (χ1) is 7.22. The van der Waals surface area contributed by atoms with Crippen LogP contribution in [0.4, 0.5) is 5.69 Å². The van der Waals surface area contributed by atoms with E-state index in [1.165, 1.54) is 6.07 Å². The third kappa shape index (κ3) is 4.46. The number of unbranched alkanes of at least 4 members (excludes halogenated alkanes) is 1. The molecular weight excluding hydrogens is 192 g/mol. The second-order valence-corrected chi connectivity index (χ2v) is 3.34. The molecule has 0 spiro atoms. The molecule has 0 atom stereocenters. The van der Waals surface area contributed by atoms with Crippen LogP contribution < -0.4 is 11.1 Å². The van der Waals surface area contributed by atoms with E-state index in [1.807, 2.05) is 0 Å². The van der Waals surface area contributed by atoms with E-state index in [1.54, 1.807) is 18.2 Å². The normalized spacial score (nSPS) is 9.93. The number of hydrogen-bond donors (Lipinski definition) is 3. The number of hydrogen-bond acceptors (Lipinski definition) is 3. The average Bonchev–Trinajstić information content (AvgIpc) is 2.18. The Hall–Kier alpha value is -1.55. The molecular formula is C11H16N2O2. The molecule has 0 aromatic heterocycles. The molecule has 4 heteroatoms. The second kappa shape index (κ2) is 6.03.